The molecule has 0 saturated carbocycles. The molecule has 7 nitrogen and oxygen atoms in total. The maximum absolute atomic E-state index is 11.9. The van der Waals surface area contributed by atoms with Crippen molar-refractivity contribution < 1.29 is 4.79 Å². The fourth-order valence-electron chi connectivity index (χ4n) is 1.80. The topological polar surface area (TPSA) is 101 Å². The van der Waals surface area contributed by atoms with Gasteiger partial charge in [0, 0.05) is 11.3 Å². The zero-order valence-corrected chi connectivity index (χ0v) is 15.5. The number of aromatic amines is 1. The lowest BCUT2D eigenvalue weighted by atomic mass is 10.2. The second-order valence-electron chi connectivity index (χ2n) is 4.43. The first-order chi connectivity index (χ1) is 11.0. The van der Waals surface area contributed by atoms with Crippen LogP contribution in [0.2, 0.25) is 0 Å². The van der Waals surface area contributed by atoms with Crippen molar-refractivity contribution in [1.82, 2.24) is 20.2 Å². The summed E-state index contributed by atoms with van der Waals surface area (Å²) in [5, 5.41) is 11.5. The van der Waals surface area contributed by atoms with Gasteiger partial charge in [-0.25, -0.2) is 4.98 Å². The van der Waals surface area contributed by atoms with E-state index in [1.165, 1.54) is 23.1 Å². The van der Waals surface area contributed by atoms with Crippen LogP contribution in [0.25, 0.3) is 0 Å². The molecular weight excluding hydrogens is 354 g/mol. The fraction of sp³-hybridized carbons (Fsp3) is 0.462. The minimum atomic E-state index is -0.209. The molecule has 0 aromatic carbocycles. The summed E-state index contributed by atoms with van der Waals surface area (Å²) in [6.07, 6.45) is 0.634. The summed E-state index contributed by atoms with van der Waals surface area (Å²) in [7, 11) is 0. The van der Waals surface area contributed by atoms with Gasteiger partial charge in [0.2, 0.25) is 11.0 Å². The van der Waals surface area contributed by atoms with Gasteiger partial charge < -0.3 is 4.98 Å². The summed E-state index contributed by atoms with van der Waals surface area (Å²) in [6.45, 7) is 5.74. The Morgan fingerprint density at radius 1 is 1.30 bits per heavy atom. The Hall–Kier alpha value is -1.39. The highest BCUT2D eigenvalue weighted by Crippen LogP contribution is 2.25. The van der Waals surface area contributed by atoms with Gasteiger partial charge in [0.25, 0.3) is 5.56 Å². The van der Waals surface area contributed by atoms with Gasteiger partial charge in [0.05, 0.1) is 5.75 Å². The normalized spacial score (nSPS) is 10.7. The first-order valence-electron chi connectivity index (χ1n) is 7.02. The van der Waals surface area contributed by atoms with Crippen molar-refractivity contribution in [3.05, 3.63) is 21.6 Å². The lowest BCUT2D eigenvalue weighted by Crippen LogP contribution is -2.18. The molecule has 0 atom stereocenters. The number of aryl methyl sites for hydroxylation is 1. The maximum Gasteiger partial charge on any atom is 0.254 e. The number of carbonyl (C=O) groups excluding carboxylic acids is 1. The minimum Gasteiger partial charge on any atom is -0.301 e. The Kier molecular flexibility index (Phi) is 6.60. The van der Waals surface area contributed by atoms with Crippen molar-refractivity contribution in [1.29, 1.82) is 0 Å². The monoisotopic (exact) mass is 371 g/mol. The number of anilines is 1. The lowest BCUT2D eigenvalue weighted by Gasteiger charge is -2.05. The Labute approximate surface area is 146 Å². The second kappa shape index (κ2) is 8.46. The van der Waals surface area contributed by atoms with Crippen LogP contribution >= 0.6 is 34.9 Å². The van der Waals surface area contributed by atoms with Crippen LogP contribution in [0.3, 0.4) is 0 Å². The molecule has 0 spiro atoms. The number of aromatic nitrogens is 4. The molecule has 0 aliphatic heterocycles. The van der Waals surface area contributed by atoms with Crippen LogP contribution in [0.1, 0.15) is 25.1 Å². The number of nitrogens with zero attached hydrogens (tertiary/aromatic N) is 3. The molecular formula is C13H17N5O2S3. The summed E-state index contributed by atoms with van der Waals surface area (Å²) in [5.74, 6) is 0.841. The van der Waals surface area contributed by atoms with E-state index in [2.05, 4.69) is 25.5 Å². The van der Waals surface area contributed by atoms with Crippen molar-refractivity contribution >= 4 is 45.9 Å². The summed E-state index contributed by atoms with van der Waals surface area (Å²) >= 11 is 4.11. The van der Waals surface area contributed by atoms with Crippen LogP contribution in [0.5, 0.6) is 0 Å². The fourth-order valence-corrected chi connectivity index (χ4v) is 4.17. The molecule has 2 aromatic rings. The highest BCUT2D eigenvalue weighted by Gasteiger charge is 2.11. The van der Waals surface area contributed by atoms with E-state index in [9.17, 15) is 9.59 Å². The van der Waals surface area contributed by atoms with Crippen molar-refractivity contribution in [3.8, 4) is 0 Å². The van der Waals surface area contributed by atoms with Gasteiger partial charge in [-0.15, -0.1) is 10.2 Å². The van der Waals surface area contributed by atoms with Crippen molar-refractivity contribution in [2.75, 3.05) is 16.8 Å². The molecule has 2 aromatic heterocycles. The molecule has 23 heavy (non-hydrogen) atoms. The number of rotatable bonds is 7. The summed E-state index contributed by atoms with van der Waals surface area (Å²) < 4.78 is 0.826. The Morgan fingerprint density at radius 3 is 2.74 bits per heavy atom. The van der Waals surface area contributed by atoms with E-state index in [-0.39, 0.29) is 17.2 Å². The van der Waals surface area contributed by atoms with Gasteiger partial charge in [0.15, 0.2) is 9.50 Å². The molecule has 2 rings (SSSR count). The largest absolute Gasteiger partial charge is 0.301 e. The van der Waals surface area contributed by atoms with Gasteiger partial charge in [-0.2, -0.15) is 0 Å². The number of carbonyl (C=O) groups is 1. The zero-order chi connectivity index (χ0) is 16.8. The highest BCUT2D eigenvalue weighted by molar-refractivity contribution is 8.01. The van der Waals surface area contributed by atoms with Gasteiger partial charge in [-0.1, -0.05) is 48.7 Å². The van der Waals surface area contributed by atoms with Crippen molar-refractivity contribution in [2.45, 2.75) is 36.7 Å². The number of hydrogen-bond acceptors (Lipinski definition) is 8. The molecule has 0 bridgehead atoms. The zero-order valence-electron chi connectivity index (χ0n) is 13.0. The van der Waals surface area contributed by atoms with E-state index >= 15 is 0 Å². The molecule has 10 heteroatoms. The Bertz CT molecular complexity index is 743. The summed E-state index contributed by atoms with van der Waals surface area (Å²) in [5.41, 5.74) is 1.23. The molecule has 2 heterocycles. The quantitative estimate of drug-likeness (QED) is 0.438. The lowest BCUT2D eigenvalue weighted by molar-refractivity contribution is -0.113. The van der Waals surface area contributed by atoms with Crippen LogP contribution < -0.4 is 10.9 Å². The number of thioether (sulfide) groups is 2. The van der Waals surface area contributed by atoms with E-state index in [0.29, 0.717) is 28.0 Å². The van der Waals surface area contributed by atoms with Crippen LogP contribution in [0.15, 0.2) is 14.3 Å². The number of hydrogen-bond donors (Lipinski definition) is 2. The predicted octanol–water partition coefficient (Wildman–Crippen LogP) is 2.34. The number of amides is 1. The van der Waals surface area contributed by atoms with Gasteiger partial charge in [0.1, 0.15) is 0 Å². The van der Waals surface area contributed by atoms with Gasteiger partial charge in [-0.05, 0) is 19.1 Å². The summed E-state index contributed by atoms with van der Waals surface area (Å²) in [6, 6.07) is 0. The van der Waals surface area contributed by atoms with E-state index in [0.717, 1.165) is 10.1 Å². The predicted molar refractivity (Wildman–Crippen MR) is 94.6 cm³/mol. The third kappa shape index (κ3) is 5.05. The average Bonchev–Trinajstić information content (AvgIpc) is 2.92. The van der Waals surface area contributed by atoms with Crippen LogP contribution in [-0.2, 0) is 11.2 Å². The van der Waals surface area contributed by atoms with E-state index < -0.39 is 0 Å². The molecule has 0 fully saturated rings. The SMILES string of the molecule is CCSc1nnc(NC(=O)CSc2nc(C)c(CC)c(=O)[nH]2)s1. The molecule has 124 valence electrons. The molecule has 0 saturated heterocycles. The molecule has 0 aliphatic carbocycles. The highest BCUT2D eigenvalue weighted by atomic mass is 32.2. The van der Waals surface area contributed by atoms with Crippen LogP contribution in [0, 0.1) is 6.92 Å². The second-order valence-corrected chi connectivity index (χ2v) is 7.88. The molecule has 0 aliphatic rings. The minimum absolute atomic E-state index is 0.143. The standard InChI is InChI=1S/C13H17N5O2S3/c1-4-8-7(3)14-11(16-10(8)20)22-6-9(19)15-12-17-18-13(23-12)21-5-2/h4-6H2,1-3H3,(H,14,16,20)(H,15,17,19). The molecule has 1 amide bonds. The average molecular weight is 372 g/mol. The first kappa shape index (κ1) is 18.0. The Balaban J connectivity index is 1.92. The third-order valence-corrected chi connectivity index (χ3v) is 5.54. The smallest absolute Gasteiger partial charge is 0.254 e. The maximum atomic E-state index is 11.9. The number of H-pyrrole nitrogens is 1. The number of nitrogens with one attached hydrogen (secondary N) is 2. The van der Waals surface area contributed by atoms with Crippen LogP contribution in [-0.4, -0.2) is 37.6 Å². The van der Waals surface area contributed by atoms with E-state index in [4.69, 9.17) is 0 Å². The van der Waals surface area contributed by atoms with Gasteiger partial charge in [-0.3, -0.25) is 14.9 Å². The van der Waals surface area contributed by atoms with Crippen LogP contribution in [0.4, 0.5) is 5.13 Å². The van der Waals surface area contributed by atoms with E-state index in [1.807, 2.05) is 13.8 Å². The molecule has 2 N–H and O–H groups in total. The Morgan fingerprint density at radius 2 is 2.09 bits per heavy atom. The molecule has 0 radical (unpaired) electrons. The van der Waals surface area contributed by atoms with Gasteiger partial charge >= 0.3 is 0 Å². The molecule has 0 unspecified atom stereocenters. The van der Waals surface area contributed by atoms with Crippen molar-refractivity contribution in [3.63, 3.8) is 0 Å². The summed E-state index contributed by atoms with van der Waals surface area (Å²) in [4.78, 5) is 30.8. The van der Waals surface area contributed by atoms with Crippen molar-refractivity contribution in [2.24, 2.45) is 0 Å². The first-order valence-corrected chi connectivity index (χ1v) is 9.81. The third-order valence-electron chi connectivity index (χ3n) is 2.81. The van der Waals surface area contributed by atoms with E-state index in [1.54, 1.807) is 18.7 Å².